The second-order valence-corrected chi connectivity index (χ2v) is 11.3. The van der Waals surface area contributed by atoms with Crippen molar-refractivity contribution in [3.05, 3.63) is 74.2 Å². The van der Waals surface area contributed by atoms with Gasteiger partial charge in [-0.1, -0.05) is 51.8 Å². The van der Waals surface area contributed by atoms with Gasteiger partial charge in [-0.05, 0) is 36.2 Å². The normalized spacial score (nSPS) is 15.5. The van der Waals surface area contributed by atoms with Crippen LogP contribution in [0.3, 0.4) is 0 Å². The fourth-order valence-electron chi connectivity index (χ4n) is 3.47. The van der Waals surface area contributed by atoms with Crippen LogP contribution in [0.25, 0.3) is 0 Å². The predicted molar refractivity (Wildman–Crippen MR) is 126 cm³/mol. The van der Waals surface area contributed by atoms with Crippen molar-refractivity contribution >= 4 is 54.0 Å². The van der Waals surface area contributed by atoms with Crippen LogP contribution in [0.15, 0.2) is 57.2 Å². The SMILES string of the molecule is Cc1ccccc1Cc1csc(N2CCN(S(=O)(=O)c3ccc(Br)cc3Cl)CC2)n1. The molecule has 1 aliphatic heterocycles. The molecule has 0 N–H and O–H groups in total. The van der Waals surface area contributed by atoms with Crippen molar-refractivity contribution < 1.29 is 8.42 Å². The summed E-state index contributed by atoms with van der Waals surface area (Å²) in [4.78, 5) is 7.09. The van der Waals surface area contributed by atoms with Gasteiger partial charge in [-0.25, -0.2) is 13.4 Å². The second-order valence-electron chi connectivity index (χ2n) is 7.19. The molecule has 0 atom stereocenters. The number of piperazine rings is 1. The highest BCUT2D eigenvalue weighted by molar-refractivity contribution is 9.10. The van der Waals surface area contributed by atoms with E-state index in [9.17, 15) is 8.42 Å². The first-order valence-corrected chi connectivity index (χ1v) is 13.0. The van der Waals surface area contributed by atoms with Gasteiger partial charge in [0, 0.05) is 42.5 Å². The smallest absolute Gasteiger partial charge is 0.244 e. The third kappa shape index (κ3) is 4.57. The highest BCUT2D eigenvalue weighted by Gasteiger charge is 2.30. The van der Waals surface area contributed by atoms with Gasteiger partial charge >= 0.3 is 0 Å². The third-order valence-corrected chi connectivity index (χ3v) is 9.02. The van der Waals surface area contributed by atoms with E-state index in [-0.39, 0.29) is 9.92 Å². The van der Waals surface area contributed by atoms with Crippen LogP contribution in [0.5, 0.6) is 0 Å². The van der Waals surface area contributed by atoms with E-state index >= 15 is 0 Å². The number of hydrogen-bond acceptors (Lipinski definition) is 5. The monoisotopic (exact) mass is 525 g/mol. The maximum atomic E-state index is 13.0. The number of aromatic nitrogens is 1. The van der Waals surface area contributed by atoms with Crippen molar-refractivity contribution in [2.75, 3.05) is 31.1 Å². The van der Waals surface area contributed by atoms with Gasteiger partial charge in [-0.2, -0.15) is 4.31 Å². The first-order chi connectivity index (χ1) is 14.3. The number of rotatable bonds is 5. The zero-order chi connectivity index (χ0) is 21.3. The summed E-state index contributed by atoms with van der Waals surface area (Å²) in [5, 5.41) is 3.26. The second kappa shape index (κ2) is 8.96. The lowest BCUT2D eigenvalue weighted by molar-refractivity contribution is 0.384. The molecule has 1 aliphatic rings. The summed E-state index contributed by atoms with van der Waals surface area (Å²) >= 11 is 11.1. The van der Waals surface area contributed by atoms with Crippen LogP contribution >= 0.6 is 38.9 Å². The van der Waals surface area contributed by atoms with Crippen LogP contribution in [0.1, 0.15) is 16.8 Å². The Balaban J connectivity index is 1.42. The summed E-state index contributed by atoms with van der Waals surface area (Å²) in [5.41, 5.74) is 3.58. The van der Waals surface area contributed by atoms with Gasteiger partial charge in [0.1, 0.15) is 4.90 Å². The molecule has 9 heteroatoms. The lowest BCUT2D eigenvalue weighted by Gasteiger charge is -2.34. The third-order valence-electron chi connectivity index (χ3n) is 5.19. The van der Waals surface area contributed by atoms with Gasteiger partial charge in [-0.15, -0.1) is 11.3 Å². The largest absolute Gasteiger partial charge is 0.345 e. The van der Waals surface area contributed by atoms with Gasteiger partial charge in [-0.3, -0.25) is 0 Å². The molecule has 0 spiro atoms. The van der Waals surface area contributed by atoms with Crippen molar-refractivity contribution in [2.24, 2.45) is 0 Å². The Morgan fingerprint density at radius 1 is 1.13 bits per heavy atom. The number of aryl methyl sites for hydroxylation is 1. The average Bonchev–Trinajstić information content (AvgIpc) is 3.18. The number of thiazole rings is 1. The molecule has 5 nitrogen and oxygen atoms in total. The molecule has 0 amide bonds. The summed E-state index contributed by atoms with van der Waals surface area (Å²) in [6.45, 7) is 4.12. The number of benzene rings is 2. The Bertz CT molecular complexity index is 1160. The van der Waals surface area contributed by atoms with Crippen LogP contribution in [0.4, 0.5) is 5.13 Å². The predicted octanol–water partition coefficient (Wildman–Crippen LogP) is 4.97. The van der Waals surface area contributed by atoms with E-state index in [1.54, 1.807) is 29.5 Å². The first-order valence-electron chi connectivity index (χ1n) is 9.53. The van der Waals surface area contributed by atoms with Crippen molar-refractivity contribution in [2.45, 2.75) is 18.2 Å². The fraction of sp³-hybridized carbons (Fsp3) is 0.286. The highest BCUT2D eigenvalue weighted by Crippen LogP contribution is 2.30. The van der Waals surface area contributed by atoms with E-state index in [0.29, 0.717) is 26.2 Å². The Morgan fingerprint density at radius 3 is 2.57 bits per heavy atom. The molecule has 30 heavy (non-hydrogen) atoms. The standard InChI is InChI=1S/C21H21BrClN3O2S2/c1-15-4-2-3-5-16(15)12-18-14-29-21(24-18)25-8-10-26(11-9-25)30(27,28)20-7-6-17(22)13-19(20)23/h2-7,13-14H,8-12H2,1H3. The molecule has 0 aliphatic carbocycles. The van der Waals surface area contributed by atoms with Gasteiger partial charge in [0.2, 0.25) is 10.0 Å². The number of hydrogen-bond donors (Lipinski definition) is 0. The lowest BCUT2D eigenvalue weighted by atomic mass is 10.1. The number of halogens is 2. The van der Waals surface area contributed by atoms with Gasteiger partial charge in [0.25, 0.3) is 0 Å². The molecule has 0 bridgehead atoms. The molecule has 2 heterocycles. The van der Waals surface area contributed by atoms with Gasteiger partial charge < -0.3 is 4.90 Å². The summed E-state index contributed by atoms with van der Waals surface area (Å²) < 4.78 is 28.2. The van der Waals surface area contributed by atoms with Crippen molar-refractivity contribution in [3.8, 4) is 0 Å². The van der Waals surface area contributed by atoms with E-state index in [4.69, 9.17) is 16.6 Å². The Labute approximate surface area is 194 Å². The van der Waals surface area contributed by atoms with Gasteiger partial charge in [0.15, 0.2) is 5.13 Å². The summed E-state index contributed by atoms with van der Waals surface area (Å²) in [5.74, 6) is 0. The summed E-state index contributed by atoms with van der Waals surface area (Å²) in [7, 11) is -3.62. The highest BCUT2D eigenvalue weighted by atomic mass is 79.9. The van der Waals surface area contributed by atoms with Gasteiger partial charge in [0.05, 0.1) is 10.7 Å². The van der Waals surface area contributed by atoms with Crippen molar-refractivity contribution in [1.29, 1.82) is 0 Å². The number of nitrogens with zero attached hydrogens (tertiary/aromatic N) is 3. The van der Waals surface area contributed by atoms with E-state index < -0.39 is 10.0 Å². The van der Waals surface area contributed by atoms with E-state index in [1.807, 2.05) is 12.1 Å². The van der Waals surface area contributed by atoms with Crippen LogP contribution in [0, 0.1) is 6.92 Å². The Morgan fingerprint density at radius 2 is 1.87 bits per heavy atom. The van der Waals surface area contributed by atoms with E-state index in [2.05, 4.69) is 45.3 Å². The molecule has 4 rings (SSSR count). The number of anilines is 1. The van der Waals surface area contributed by atoms with Crippen LogP contribution in [-0.4, -0.2) is 43.9 Å². The average molecular weight is 527 g/mol. The molecule has 3 aromatic rings. The topological polar surface area (TPSA) is 53.5 Å². The first kappa shape index (κ1) is 21.8. The zero-order valence-corrected chi connectivity index (χ0v) is 20.4. The molecule has 1 saturated heterocycles. The zero-order valence-electron chi connectivity index (χ0n) is 16.4. The molecule has 0 unspecified atom stereocenters. The van der Waals surface area contributed by atoms with Crippen molar-refractivity contribution in [1.82, 2.24) is 9.29 Å². The lowest BCUT2D eigenvalue weighted by Crippen LogP contribution is -2.48. The minimum absolute atomic E-state index is 0.149. The molecule has 0 radical (unpaired) electrons. The maximum absolute atomic E-state index is 13.0. The minimum atomic E-state index is -3.62. The Hall–Kier alpha value is -1.45. The van der Waals surface area contributed by atoms with Crippen molar-refractivity contribution in [3.63, 3.8) is 0 Å². The van der Waals surface area contributed by atoms with Crippen LogP contribution < -0.4 is 4.90 Å². The molecule has 2 aromatic carbocycles. The molecule has 1 aromatic heterocycles. The quantitative estimate of drug-likeness (QED) is 0.471. The Kier molecular flexibility index (Phi) is 6.50. The minimum Gasteiger partial charge on any atom is -0.345 e. The molecule has 158 valence electrons. The van der Waals surface area contributed by atoms with Crippen LogP contribution in [-0.2, 0) is 16.4 Å². The van der Waals surface area contributed by atoms with E-state index in [1.165, 1.54) is 15.4 Å². The molecule has 1 fully saturated rings. The fourth-order valence-corrected chi connectivity index (χ4v) is 6.78. The number of sulfonamides is 1. The maximum Gasteiger partial charge on any atom is 0.244 e. The van der Waals surface area contributed by atoms with Crippen LogP contribution in [0.2, 0.25) is 5.02 Å². The molecular formula is C21H21BrClN3O2S2. The summed E-state index contributed by atoms with van der Waals surface area (Å²) in [6, 6.07) is 13.2. The molecular weight excluding hydrogens is 506 g/mol. The summed E-state index contributed by atoms with van der Waals surface area (Å²) in [6.07, 6.45) is 0.805. The van der Waals surface area contributed by atoms with E-state index in [0.717, 1.165) is 21.7 Å². The molecule has 0 saturated carbocycles.